The zero-order valence-corrected chi connectivity index (χ0v) is 14.2. The fourth-order valence-electron chi connectivity index (χ4n) is 2.17. The molecule has 0 aliphatic carbocycles. The van der Waals surface area contributed by atoms with Gasteiger partial charge in [0.2, 0.25) is 0 Å². The van der Waals surface area contributed by atoms with Gasteiger partial charge in [-0.1, -0.05) is 6.07 Å². The molecular formula is C17H15F6N3O. The molecule has 1 aromatic heterocycles. The molecule has 27 heavy (non-hydrogen) atoms. The van der Waals surface area contributed by atoms with Crippen molar-refractivity contribution >= 4 is 11.7 Å². The van der Waals surface area contributed by atoms with Gasteiger partial charge in [0.25, 0.3) is 5.91 Å². The number of carbonyl (C=O) groups excluding carboxylic acids is 1. The van der Waals surface area contributed by atoms with E-state index in [9.17, 15) is 31.1 Å². The first-order valence-corrected chi connectivity index (χ1v) is 7.59. The summed E-state index contributed by atoms with van der Waals surface area (Å²) in [5.74, 6) is -0.483. The van der Waals surface area contributed by atoms with E-state index >= 15 is 0 Å². The van der Waals surface area contributed by atoms with Crippen molar-refractivity contribution in [2.45, 2.75) is 18.9 Å². The van der Waals surface area contributed by atoms with E-state index < -0.39 is 35.0 Å². The van der Waals surface area contributed by atoms with Crippen molar-refractivity contribution in [1.29, 1.82) is 0 Å². The van der Waals surface area contributed by atoms with Gasteiger partial charge >= 0.3 is 12.4 Å². The first kappa shape index (κ1) is 20.5. The largest absolute Gasteiger partial charge is 0.416 e. The van der Waals surface area contributed by atoms with Gasteiger partial charge in [-0.25, -0.2) is 4.98 Å². The van der Waals surface area contributed by atoms with Crippen LogP contribution in [0.15, 0.2) is 36.4 Å². The maximum atomic E-state index is 12.9. The normalized spacial score (nSPS) is 12.0. The molecule has 0 radical (unpaired) electrons. The number of benzene rings is 1. The summed E-state index contributed by atoms with van der Waals surface area (Å²) in [7, 11) is 3.48. The maximum Gasteiger partial charge on any atom is 0.416 e. The molecular weight excluding hydrogens is 376 g/mol. The lowest BCUT2D eigenvalue weighted by Crippen LogP contribution is -2.25. The van der Waals surface area contributed by atoms with Crippen molar-refractivity contribution in [2.24, 2.45) is 0 Å². The quantitative estimate of drug-likeness (QED) is 0.798. The van der Waals surface area contributed by atoms with E-state index in [-0.39, 0.29) is 12.6 Å². The Morgan fingerprint density at radius 1 is 1.00 bits per heavy atom. The second kappa shape index (κ2) is 7.45. The van der Waals surface area contributed by atoms with Crippen molar-refractivity contribution in [2.75, 3.05) is 19.0 Å². The van der Waals surface area contributed by atoms with Crippen LogP contribution in [0.3, 0.4) is 0 Å². The number of halogens is 6. The Balaban J connectivity index is 2.26. The summed E-state index contributed by atoms with van der Waals surface area (Å²) in [6.07, 6.45) is -10.0. The van der Waals surface area contributed by atoms with Crippen molar-refractivity contribution in [3.63, 3.8) is 0 Å². The van der Waals surface area contributed by atoms with E-state index in [0.29, 0.717) is 23.6 Å². The third-order valence-electron chi connectivity index (χ3n) is 3.53. The molecule has 0 unspecified atom stereocenters. The van der Waals surface area contributed by atoms with Crippen molar-refractivity contribution in [1.82, 2.24) is 10.3 Å². The van der Waals surface area contributed by atoms with Crippen LogP contribution in [0.5, 0.6) is 0 Å². The zero-order chi connectivity index (χ0) is 20.4. The number of anilines is 1. The predicted molar refractivity (Wildman–Crippen MR) is 86.2 cm³/mol. The number of nitrogens with zero attached hydrogens (tertiary/aromatic N) is 2. The Morgan fingerprint density at radius 2 is 1.56 bits per heavy atom. The summed E-state index contributed by atoms with van der Waals surface area (Å²) in [6, 6.07) is 5.67. The zero-order valence-electron chi connectivity index (χ0n) is 14.2. The van der Waals surface area contributed by atoms with E-state index in [1.165, 1.54) is 0 Å². The van der Waals surface area contributed by atoms with Crippen LogP contribution < -0.4 is 10.2 Å². The lowest BCUT2D eigenvalue weighted by Gasteiger charge is -2.15. The van der Waals surface area contributed by atoms with E-state index in [1.807, 2.05) is 0 Å². The number of alkyl halides is 6. The summed E-state index contributed by atoms with van der Waals surface area (Å²) in [5, 5.41) is 2.28. The number of aromatic nitrogens is 1. The van der Waals surface area contributed by atoms with Gasteiger partial charge in [0.15, 0.2) is 0 Å². The Bertz CT molecular complexity index is 798. The molecule has 2 aromatic rings. The van der Waals surface area contributed by atoms with Gasteiger partial charge in [-0.15, -0.1) is 0 Å². The minimum Gasteiger partial charge on any atom is -0.363 e. The Hall–Kier alpha value is -2.78. The number of hydrogen-bond donors (Lipinski definition) is 1. The monoisotopic (exact) mass is 391 g/mol. The van der Waals surface area contributed by atoms with Crippen LogP contribution in [-0.2, 0) is 18.9 Å². The highest BCUT2D eigenvalue weighted by atomic mass is 19.4. The first-order chi connectivity index (χ1) is 12.4. The van der Waals surface area contributed by atoms with Gasteiger partial charge in [-0.2, -0.15) is 26.3 Å². The maximum absolute atomic E-state index is 12.9. The van der Waals surface area contributed by atoms with Crippen LogP contribution in [0, 0.1) is 0 Å². The van der Waals surface area contributed by atoms with Gasteiger partial charge in [0.05, 0.1) is 23.4 Å². The summed E-state index contributed by atoms with van der Waals surface area (Å²) in [6.45, 7) is -0.155. The number of pyridine rings is 1. The number of amides is 1. The molecule has 0 aliphatic rings. The highest BCUT2D eigenvalue weighted by Gasteiger charge is 2.37. The molecule has 0 fully saturated rings. The minimum absolute atomic E-state index is 0.0289. The summed E-state index contributed by atoms with van der Waals surface area (Å²) < 4.78 is 77.1. The van der Waals surface area contributed by atoms with Crippen molar-refractivity contribution in [3.8, 4) is 0 Å². The Labute approximate surface area is 150 Å². The topological polar surface area (TPSA) is 45.2 Å². The highest BCUT2D eigenvalue weighted by molar-refractivity contribution is 5.94. The van der Waals surface area contributed by atoms with Crippen LogP contribution in [0.1, 0.15) is 27.2 Å². The second-order valence-electron chi connectivity index (χ2n) is 5.86. The molecule has 1 N–H and O–H groups in total. The Morgan fingerprint density at radius 3 is 2.04 bits per heavy atom. The molecule has 2 rings (SSSR count). The van der Waals surface area contributed by atoms with Gasteiger partial charge in [-0.3, -0.25) is 4.79 Å². The smallest absolute Gasteiger partial charge is 0.363 e. The molecule has 146 valence electrons. The van der Waals surface area contributed by atoms with E-state index in [1.54, 1.807) is 37.2 Å². The van der Waals surface area contributed by atoms with E-state index in [0.717, 1.165) is 0 Å². The molecule has 10 heteroatoms. The molecule has 0 saturated heterocycles. The standard InChI is InChI=1S/C17H15F6N3O/c1-26(2)14-5-3-4-13(25-14)9-24-15(27)10-6-11(16(18,19)20)8-12(7-10)17(21,22)23/h3-8H,9H2,1-2H3,(H,24,27). The van der Waals surface area contributed by atoms with E-state index in [2.05, 4.69) is 10.3 Å². The van der Waals surface area contributed by atoms with Crippen molar-refractivity contribution in [3.05, 3.63) is 58.8 Å². The molecule has 0 saturated carbocycles. The lowest BCUT2D eigenvalue weighted by atomic mass is 10.0. The van der Waals surface area contributed by atoms with Crippen LogP contribution in [0.25, 0.3) is 0 Å². The molecule has 1 aromatic carbocycles. The fourth-order valence-corrected chi connectivity index (χ4v) is 2.17. The molecule has 0 aliphatic heterocycles. The van der Waals surface area contributed by atoms with Gasteiger partial charge in [0.1, 0.15) is 5.82 Å². The molecule has 1 heterocycles. The SMILES string of the molecule is CN(C)c1cccc(CNC(=O)c2cc(C(F)(F)F)cc(C(F)(F)F)c2)n1. The molecule has 0 bridgehead atoms. The van der Waals surface area contributed by atoms with Gasteiger partial charge in [-0.05, 0) is 30.3 Å². The summed E-state index contributed by atoms with van der Waals surface area (Å²) in [4.78, 5) is 18.0. The van der Waals surface area contributed by atoms with Crippen LogP contribution in [0.4, 0.5) is 32.2 Å². The first-order valence-electron chi connectivity index (χ1n) is 7.59. The highest BCUT2D eigenvalue weighted by Crippen LogP contribution is 2.36. The Kier molecular flexibility index (Phi) is 5.67. The third-order valence-corrected chi connectivity index (χ3v) is 3.53. The second-order valence-corrected chi connectivity index (χ2v) is 5.86. The number of rotatable bonds is 4. The fraction of sp³-hybridized carbons (Fsp3) is 0.294. The average Bonchev–Trinajstić information content (AvgIpc) is 2.58. The number of hydrogen-bond acceptors (Lipinski definition) is 3. The lowest BCUT2D eigenvalue weighted by molar-refractivity contribution is -0.143. The van der Waals surface area contributed by atoms with Gasteiger partial charge in [0, 0.05) is 19.7 Å². The van der Waals surface area contributed by atoms with Crippen LogP contribution in [-0.4, -0.2) is 25.0 Å². The third kappa shape index (κ3) is 5.35. The van der Waals surface area contributed by atoms with E-state index in [4.69, 9.17) is 0 Å². The van der Waals surface area contributed by atoms with Crippen LogP contribution >= 0.6 is 0 Å². The molecule has 4 nitrogen and oxygen atoms in total. The van der Waals surface area contributed by atoms with Gasteiger partial charge < -0.3 is 10.2 Å². The molecule has 0 spiro atoms. The molecule has 1 amide bonds. The summed E-state index contributed by atoms with van der Waals surface area (Å²) in [5.41, 5.74) is -3.43. The summed E-state index contributed by atoms with van der Waals surface area (Å²) >= 11 is 0. The number of carbonyl (C=O) groups is 1. The van der Waals surface area contributed by atoms with Crippen LogP contribution in [0.2, 0.25) is 0 Å². The number of nitrogens with one attached hydrogen (secondary N) is 1. The average molecular weight is 391 g/mol. The predicted octanol–water partition coefficient (Wildman–Crippen LogP) is 4.12. The molecule has 0 atom stereocenters. The minimum atomic E-state index is -5.02. The van der Waals surface area contributed by atoms with Crippen molar-refractivity contribution < 1.29 is 31.1 Å².